The van der Waals surface area contributed by atoms with Crippen LogP contribution in [0, 0.1) is 5.92 Å². The minimum absolute atomic E-state index is 0.0686. The third-order valence-corrected chi connectivity index (χ3v) is 4.21. The molecular weight excluding hydrogens is 338 g/mol. The molecule has 0 radical (unpaired) electrons. The van der Waals surface area contributed by atoms with Crippen molar-refractivity contribution >= 4 is 23.3 Å². The van der Waals surface area contributed by atoms with Crippen LogP contribution in [0.25, 0.3) is 0 Å². The molecule has 1 aromatic carbocycles. The van der Waals surface area contributed by atoms with E-state index in [0.29, 0.717) is 17.8 Å². The van der Waals surface area contributed by atoms with Gasteiger partial charge in [0.25, 0.3) is 0 Å². The van der Waals surface area contributed by atoms with Gasteiger partial charge in [-0.25, -0.2) is 9.98 Å². The summed E-state index contributed by atoms with van der Waals surface area (Å²) in [7, 11) is 0. The van der Waals surface area contributed by atoms with Crippen LogP contribution in [0.1, 0.15) is 33.3 Å². The minimum Gasteiger partial charge on any atom is -0.368 e. The molecule has 0 fully saturated rings. The zero-order valence-electron chi connectivity index (χ0n) is 16.2. The number of amidine groups is 1. The lowest BCUT2D eigenvalue weighted by Gasteiger charge is -2.35. The highest BCUT2D eigenvalue weighted by atomic mass is 15.4. The van der Waals surface area contributed by atoms with Gasteiger partial charge in [0.05, 0.1) is 0 Å². The molecule has 1 aromatic heterocycles. The van der Waals surface area contributed by atoms with Crippen LogP contribution in [0.15, 0.2) is 58.6 Å². The number of aliphatic imine (C=N–C) groups is 2. The largest absolute Gasteiger partial charge is 0.368 e. The first kappa shape index (κ1) is 18.8. The molecule has 1 aliphatic rings. The fourth-order valence-corrected chi connectivity index (χ4v) is 2.63. The molecule has 2 aromatic rings. The highest BCUT2D eigenvalue weighted by Crippen LogP contribution is 2.20. The molecule has 0 aliphatic carbocycles. The van der Waals surface area contributed by atoms with Crippen LogP contribution in [0.5, 0.6) is 0 Å². The van der Waals surface area contributed by atoms with E-state index in [1.54, 1.807) is 6.20 Å². The van der Waals surface area contributed by atoms with Crippen molar-refractivity contribution in [3.63, 3.8) is 0 Å². The number of hydrogen-bond acceptors (Lipinski definition) is 7. The molecule has 142 valence electrons. The van der Waals surface area contributed by atoms with E-state index in [4.69, 9.17) is 5.73 Å². The van der Waals surface area contributed by atoms with Gasteiger partial charge in [-0.05, 0) is 19.9 Å². The van der Waals surface area contributed by atoms with Crippen molar-refractivity contribution < 1.29 is 0 Å². The summed E-state index contributed by atoms with van der Waals surface area (Å²) in [5.74, 6) is 1.07. The Morgan fingerprint density at radius 2 is 1.81 bits per heavy atom. The van der Waals surface area contributed by atoms with Crippen molar-refractivity contribution in [2.75, 3.05) is 10.6 Å². The lowest BCUT2D eigenvalue weighted by atomic mass is 10.0. The molecule has 0 saturated carbocycles. The predicted octanol–water partition coefficient (Wildman–Crippen LogP) is 2.99. The number of benzene rings is 1. The van der Waals surface area contributed by atoms with Crippen LogP contribution in [-0.2, 0) is 0 Å². The SMILES string of the molecule is CC(C)Nc1cc(NC2=NC(N)(C(C)C)NC(c3ccccc3)=N2)ccn1. The second-order valence-corrected chi connectivity index (χ2v) is 7.22. The number of guanidine groups is 1. The van der Waals surface area contributed by atoms with Gasteiger partial charge in [-0.2, -0.15) is 4.99 Å². The number of nitrogens with two attached hydrogens (primary N) is 1. The molecule has 0 amide bonds. The second kappa shape index (κ2) is 7.75. The lowest BCUT2D eigenvalue weighted by molar-refractivity contribution is 0.295. The van der Waals surface area contributed by atoms with Gasteiger partial charge in [-0.1, -0.05) is 44.2 Å². The number of hydrogen-bond donors (Lipinski definition) is 4. The summed E-state index contributed by atoms with van der Waals surface area (Å²) in [5.41, 5.74) is 8.33. The number of nitrogens with zero attached hydrogens (tertiary/aromatic N) is 3. The molecule has 3 rings (SSSR count). The first-order chi connectivity index (χ1) is 12.9. The molecule has 1 unspecified atom stereocenters. The summed E-state index contributed by atoms with van der Waals surface area (Å²) in [6.07, 6.45) is 1.74. The highest BCUT2D eigenvalue weighted by Gasteiger charge is 2.33. The van der Waals surface area contributed by atoms with Crippen molar-refractivity contribution in [1.82, 2.24) is 10.3 Å². The van der Waals surface area contributed by atoms with Gasteiger partial charge in [-0.3, -0.25) is 5.73 Å². The molecule has 0 bridgehead atoms. The van der Waals surface area contributed by atoms with Crippen LogP contribution >= 0.6 is 0 Å². The molecule has 1 aliphatic heterocycles. The summed E-state index contributed by atoms with van der Waals surface area (Å²) in [4.78, 5) is 13.6. The van der Waals surface area contributed by atoms with Crippen molar-refractivity contribution in [2.24, 2.45) is 21.6 Å². The molecule has 2 heterocycles. The zero-order valence-corrected chi connectivity index (χ0v) is 16.2. The van der Waals surface area contributed by atoms with Gasteiger partial charge in [0.1, 0.15) is 11.7 Å². The third-order valence-electron chi connectivity index (χ3n) is 4.21. The molecule has 0 saturated heterocycles. The lowest BCUT2D eigenvalue weighted by Crippen LogP contribution is -2.61. The summed E-state index contributed by atoms with van der Waals surface area (Å²) >= 11 is 0. The number of nitrogens with one attached hydrogen (secondary N) is 3. The Bertz CT molecular complexity index is 842. The normalized spacial score (nSPS) is 19.4. The van der Waals surface area contributed by atoms with Crippen LogP contribution in [0.2, 0.25) is 0 Å². The van der Waals surface area contributed by atoms with E-state index in [1.165, 1.54) is 0 Å². The molecule has 27 heavy (non-hydrogen) atoms. The van der Waals surface area contributed by atoms with Crippen LogP contribution in [0.3, 0.4) is 0 Å². The van der Waals surface area contributed by atoms with Gasteiger partial charge in [0.15, 0.2) is 5.79 Å². The Morgan fingerprint density at radius 3 is 2.48 bits per heavy atom. The minimum atomic E-state index is -0.943. The molecule has 5 N–H and O–H groups in total. The van der Waals surface area contributed by atoms with Gasteiger partial charge in [0.2, 0.25) is 5.96 Å². The fourth-order valence-electron chi connectivity index (χ4n) is 2.63. The van der Waals surface area contributed by atoms with Crippen LogP contribution < -0.4 is 21.7 Å². The second-order valence-electron chi connectivity index (χ2n) is 7.22. The number of rotatable bonds is 5. The van der Waals surface area contributed by atoms with E-state index >= 15 is 0 Å². The van der Waals surface area contributed by atoms with Crippen LogP contribution in [0.4, 0.5) is 11.5 Å². The average molecular weight is 365 g/mol. The van der Waals surface area contributed by atoms with Gasteiger partial charge < -0.3 is 16.0 Å². The van der Waals surface area contributed by atoms with E-state index in [2.05, 4.69) is 44.8 Å². The molecule has 7 heteroatoms. The summed E-state index contributed by atoms with van der Waals surface area (Å²) in [6.45, 7) is 8.19. The topological polar surface area (TPSA) is 99.7 Å². The molecular formula is C20H27N7. The monoisotopic (exact) mass is 365 g/mol. The molecule has 7 nitrogen and oxygen atoms in total. The van der Waals surface area contributed by atoms with E-state index < -0.39 is 5.79 Å². The maximum absolute atomic E-state index is 6.53. The Hall–Kier alpha value is -2.93. The molecule has 0 spiro atoms. The highest BCUT2D eigenvalue weighted by molar-refractivity contribution is 6.10. The maximum Gasteiger partial charge on any atom is 0.228 e. The van der Waals surface area contributed by atoms with E-state index in [-0.39, 0.29) is 5.92 Å². The van der Waals surface area contributed by atoms with E-state index in [0.717, 1.165) is 17.1 Å². The summed E-state index contributed by atoms with van der Waals surface area (Å²) < 4.78 is 0. The van der Waals surface area contributed by atoms with E-state index in [9.17, 15) is 0 Å². The van der Waals surface area contributed by atoms with Crippen LogP contribution in [-0.4, -0.2) is 28.6 Å². The number of anilines is 2. The number of pyridine rings is 1. The Balaban J connectivity index is 1.92. The standard InChI is InChI=1S/C20H27N7/c1-13(2)20(21)26-18(15-8-6-5-7-9-15)25-19(27-20)24-16-10-11-22-17(12-16)23-14(3)4/h5-14H,21H2,1-4H3,(H3,22,23,24,25,26,27). The smallest absolute Gasteiger partial charge is 0.228 e. The quantitative estimate of drug-likeness (QED) is 0.653. The van der Waals surface area contributed by atoms with Crippen molar-refractivity contribution in [1.29, 1.82) is 0 Å². The maximum atomic E-state index is 6.53. The first-order valence-electron chi connectivity index (χ1n) is 9.16. The van der Waals surface area contributed by atoms with Crippen molar-refractivity contribution in [3.05, 3.63) is 54.2 Å². The Labute approximate surface area is 160 Å². The predicted molar refractivity (Wildman–Crippen MR) is 112 cm³/mol. The third kappa shape index (κ3) is 4.62. The van der Waals surface area contributed by atoms with Gasteiger partial charge in [0, 0.05) is 35.5 Å². The number of aromatic nitrogens is 1. The molecule has 1 atom stereocenters. The van der Waals surface area contributed by atoms with Crippen molar-refractivity contribution in [3.8, 4) is 0 Å². The Kier molecular flexibility index (Phi) is 5.41. The summed E-state index contributed by atoms with van der Waals surface area (Å²) in [5, 5.41) is 9.83. The summed E-state index contributed by atoms with van der Waals surface area (Å²) in [6, 6.07) is 14.0. The first-order valence-corrected chi connectivity index (χ1v) is 9.16. The zero-order chi connectivity index (χ0) is 19.4. The van der Waals surface area contributed by atoms with Gasteiger partial charge in [-0.15, -0.1) is 0 Å². The Morgan fingerprint density at radius 1 is 1.07 bits per heavy atom. The van der Waals surface area contributed by atoms with E-state index in [1.807, 2.05) is 56.3 Å². The fraction of sp³-hybridized carbons (Fsp3) is 0.350. The van der Waals surface area contributed by atoms with Gasteiger partial charge >= 0.3 is 0 Å². The average Bonchev–Trinajstić information content (AvgIpc) is 2.61. The van der Waals surface area contributed by atoms with Crippen molar-refractivity contribution in [2.45, 2.75) is 39.5 Å².